The molecule has 4 aromatic rings. The fraction of sp³-hybridized carbons (Fsp3) is 0.0952. The molecule has 0 aliphatic carbocycles. The van der Waals surface area contributed by atoms with Gasteiger partial charge in [0.2, 0.25) is 0 Å². The summed E-state index contributed by atoms with van der Waals surface area (Å²) in [5.74, 6) is -1.44. The molecule has 4 rings (SSSR count). The molecule has 0 radical (unpaired) electrons. The van der Waals surface area contributed by atoms with Gasteiger partial charge in [0.15, 0.2) is 5.43 Å². The Morgan fingerprint density at radius 3 is 2.31 bits per heavy atom. The molecule has 0 saturated heterocycles. The monoisotopic (exact) mass is 405 g/mol. The molecule has 1 N–H and O–H groups in total. The summed E-state index contributed by atoms with van der Waals surface area (Å²) in [5.41, 5.74) is -0.483. The van der Waals surface area contributed by atoms with E-state index in [1.807, 2.05) is 0 Å². The molecular weight excluding hydrogens is 393 g/mol. The number of rotatable bonds is 3. The highest BCUT2D eigenvalue weighted by molar-refractivity contribution is 5.93. The van der Waals surface area contributed by atoms with Crippen LogP contribution in [0.15, 0.2) is 59.4 Å². The molecule has 0 aliphatic heterocycles. The predicted octanol–water partition coefficient (Wildman–Crippen LogP) is 5.56. The topological polar surface area (TPSA) is 42.1 Å². The van der Waals surface area contributed by atoms with Crippen molar-refractivity contribution in [2.45, 2.75) is 12.8 Å². The molecule has 0 aliphatic rings. The third kappa shape index (κ3) is 3.65. The van der Waals surface area contributed by atoms with E-state index in [0.29, 0.717) is 22.9 Å². The molecule has 3 nitrogen and oxygen atoms in total. The van der Waals surface area contributed by atoms with Gasteiger partial charge in [-0.15, -0.1) is 0 Å². The summed E-state index contributed by atoms with van der Waals surface area (Å²) in [6.45, 7) is 0.00468. The summed E-state index contributed by atoms with van der Waals surface area (Å²) in [4.78, 5) is 15.3. The Kier molecular flexibility index (Phi) is 4.49. The molecule has 0 saturated carbocycles. The van der Waals surface area contributed by atoms with Crippen LogP contribution in [0.4, 0.5) is 22.0 Å². The zero-order valence-electron chi connectivity index (χ0n) is 14.6. The number of benzene rings is 3. The van der Waals surface area contributed by atoms with Crippen molar-refractivity contribution >= 4 is 21.8 Å². The van der Waals surface area contributed by atoms with Gasteiger partial charge in [-0.05, 0) is 35.9 Å². The number of ether oxygens (including phenoxy) is 1. The van der Waals surface area contributed by atoms with Crippen LogP contribution in [0.25, 0.3) is 21.8 Å². The zero-order chi connectivity index (χ0) is 20.8. The van der Waals surface area contributed by atoms with Crippen LogP contribution in [0.1, 0.15) is 11.1 Å². The van der Waals surface area contributed by atoms with Crippen molar-refractivity contribution in [3.63, 3.8) is 0 Å². The highest BCUT2D eigenvalue weighted by Gasteiger charge is 2.29. The molecule has 0 spiro atoms. The van der Waals surface area contributed by atoms with Crippen molar-refractivity contribution in [3.05, 3.63) is 87.6 Å². The number of nitrogens with one attached hydrogen (secondary N) is 1. The van der Waals surface area contributed by atoms with E-state index in [-0.39, 0.29) is 22.9 Å². The van der Waals surface area contributed by atoms with Crippen molar-refractivity contribution in [3.8, 4) is 5.75 Å². The third-order valence-corrected chi connectivity index (χ3v) is 4.47. The van der Waals surface area contributed by atoms with Crippen LogP contribution in [0.3, 0.4) is 0 Å². The van der Waals surface area contributed by atoms with Crippen LogP contribution in [0.5, 0.6) is 5.75 Å². The van der Waals surface area contributed by atoms with Gasteiger partial charge in [0.25, 0.3) is 0 Å². The second kappa shape index (κ2) is 6.88. The van der Waals surface area contributed by atoms with Gasteiger partial charge in [-0.3, -0.25) is 4.79 Å². The Morgan fingerprint density at radius 1 is 0.897 bits per heavy atom. The van der Waals surface area contributed by atoms with Crippen molar-refractivity contribution < 1.29 is 26.7 Å². The molecule has 0 amide bonds. The lowest BCUT2D eigenvalue weighted by Gasteiger charge is -2.10. The number of hydrogen-bond acceptors (Lipinski definition) is 2. The lowest BCUT2D eigenvalue weighted by atomic mass is 10.1. The summed E-state index contributed by atoms with van der Waals surface area (Å²) in [6.07, 6.45) is -4.41. The fourth-order valence-corrected chi connectivity index (χ4v) is 3.05. The first kappa shape index (κ1) is 18.9. The van der Waals surface area contributed by atoms with Gasteiger partial charge in [0.05, 0.1) is 22.0 Å². The lowest BCUT2D eigenvalue weighted by molar-refractivity contribution is -0.137. The van der Waals surface area contributed by atoms with Gasteiger partial charge in [0, 0.05) is 17.5 Å². The van der Waals surface area contributed by atoms with E-state index in [1.165, 1.54) is 30.3 Å². The van der Waals surface area contributed by atoms with Gasteiger partial charge >= 0.3 is 6.18 Å². The molecule has 0 bridgehead atoms. The largest absolute Gasteiger partial charge is 0.489 e. The number of aromatic nitrogens is 1. The SMILES string of the molecule is O=c1c2ccc(OCc3ccc(C(F)(F)F)cc3)cc2[nH]c2cc(F)cc(F)c12. The summed E-state index contributed by atoms with van der Waals surface area (Å²) in [7, 11) is 0. The minimum absolute atomic E-state index is 0.00468. The van der Waals surface area contributed by atoms with Crippen molar-refractivity contribution in [1.82, 2.24) is 4.98 Å². The summed E-state index contributed by atoms with van der Waals surface area (Å²) in [5, 5.41) is -0.0396. The molecule has 148 valence electrons. The maximum Gasteiger partial charge on any atom is 0.416 e. The Bertz CT molecular complexity index is 1280. The first-order valence-electron chi connectivity index (χ1n) is 8.46. The van der Waals surface area contributed by atoms with Crippen LogP contribution < -0.4 is 10.2 Å². The lowest BCUT2D eigenvalue weighted by Crippen LogP contribution is -2.07. The minimum atomic E-state index is -4.41. The summed E-state index contributed by atoms with van der Waals surface area (Å²) >= 11 is 0. The Balaban J connectivity index is 1.64. The average molecular weight is 405 g/mol. The van der Waals surface area contributed by atoms with Crippen LogP contribution >= 0.6 is 0 Å². The van der Waals surface area contributed by atoms with E-state index in [2.05, 4.69) is 4.98 Å². The maximum atomic E-state index is 14.0. The Hall–Kier alpha value is -3.42. The van der Waals surface area contributed by atoms with Crippen molar-refractivity contribution in [2.24, 2.45) is 0 Å². The molecule has 8 heteroatoms. The molecule has 0 unspecified atom stereocenters. The highest BCUT2D eigenvalue weighted by atomic mass is 19.4. The fourth-order valence-electron chi connectivity index (χ4n) is 3.05. The molecule has 1 aromatic heterocycles. The number of fused-ring (bicyclic) bond motifs is 2. The van der Waals surface area contributed by atoms with E-state index >= 15 is 0 Å². The van der Waals surface area contributed by atoms with Gasteiger partial charge in [-0.25, -0.2) is 8.78 Å². The van der Waals surface area contributed by atoms with Gasteiger partial charge in [-0.1, -0.05) is 12.1 Å². The summed E-state index contributed by atoms with van der Waals surface area (Å²) in [6, 6.07) is 10.6. The second-order valence-corrected chi connectivity index (χ2v) is 6.46. The minimum Gasteiger partial charge on any atom is -0.489 e. The normalized spacial score (nSPS) is 11.9. The quantitative estimate of drug-likeness (QED) is 0.358. The van der Waals surface area contributed by atoms with Crippen LogP contribution in [0.2, 0.25) is 0 Å². The Labute approximate surface area is 160 Å². The number of pyridine rings is 1. The van der Waals surface area contributed by atoms with Crippen molar-refractivity contribution in [2.75, 3.05) is 0 Å². The molecular formula is C21H12F5NO2. The Morgan fingerprint density at radius 2 is 1.62 bits per heavy atom. The van der Waals surface area contributed by atoms with Gasteiger partial charge < -0.3 is 9.72 Å². The number of alkyl halides is 3. The van der Waals surface area contributed by atoms with Crippen LogP contribution in [0, 0.1) is 11.6 Å². The first-order chi connectivity index (χ1) is 13.7. The number of halogens is 5. The number of H-pyrrole nitrogens is 1. The van der Waals surface area contributed by atoms with E-state index in [9.17, 15) is 26.7 Å². The average Bonchev–Trinajstić information content (AvgIpc) is 2.65. The van der Waals surface area contributed by atoms with E-state index in [1.54, 1.807) is 0 Å². The molecule has 3 aromatic carbocycles. The number of aromatic amines is 1. The predicted molar refractivity (Wildman–Crippen MR) is 97.8 cm³/mol. The third-order valence-electron chi connectivity index (χ3n) is 4.47. The number of hydrogen-bond donors (Lipinski definition) is 1. The second-order valence-electron chi connectivity index (χ2n) is 6.46. The van der Waals surface area contributed by atoms with Gasteiger partial charge in [0.1, 0.15) is 24.0 Å². The molecule has 0 fully saturated rings. The van der Waals surface area contributed by atoms with E-state index in [0.717, 1.165) is 18.2 Å². The zero-order valence-corrected chi connectivity index (χ0v) is 14.6. The molecule has 1 heterocycles. The molecule has 0 atom stereocenters. The van der Waals surface area contributed by atoms with Crippen molar-refractivity contribution in [1.29, 1.82) is 0 Å². The maximum absolute atomic E-state index is 14.0. The molecule has 29 heavy (non-hydrogen) atoms. The van der Waals surface area contributed by atoms with Gasteiger partial charge in [-0.2, -0.15) is 13.2 Å². The summed E-state index contributed by atoms with van der Waals surface area (Å²) < 4.78 is 70.8. The standard InChI is InChI=1S/C21H12F5NO2/c22-13-7-16(23)19-18(8-13)27-17-9-14(5-6-15(17)20(19)28)29-10-11-1-3-12(4-2-11)21(24,25)26/h1-9H,10H2,(H,27,28). The smallest absolute Gasteiger partial charge is 0.416 e. The van der Waals surface area contributed by atoms with E-state index < -0.39 is 28.8 Å². The highest BCUT2D eigenvalue weighted by Crippen LogP contribution is 2.29. The van der Waals surface area contributed by atoms with Crippen LogP contribution in [-0.2, 0) is 12.8 Å². The van der Waals surface area contributed by atoms with Crippen LogP contribution in [-0.4, -0.2) is 4.98 Å². The first-order valence-corrected chi connectivity index (χ1v) is 8.46. The van der Waals surface area contributed by atoms with E-state index in [4.69, 9.17) is 4.74 Å².